The molecule has 4 aromatic rings. The quantitative estimate of drug-likeness (QED) is 0.0536. The van der Waals surface area contributed by atoms with E-state index >= 15 is 0 Å². The topological polar surface area (TPSA) is 162 Å². The van der Waals surface area contributed by atoms with Crippen LogP contribution in [0.1, 0.15) is 55.3 Å². The number of nitrogens with zero attached hydrogens (tertiary/aromatic N) is 1. The van der Waals surface area contributed by atoms with Crippen molar-refractivity contribution in [1.29, 1.82) is 0 Å². The van der Waals surface area contributed by atoms with E-state index in [9.17, 15) is 22.8 Å². The number of rotatable bonds is 12. The summed E-state index contributed by atoms with van der Waals surface area (Å²) in [6.07, 6.45) is -0.276. The number of carbonyl (C=O) groups excluding carboxylic acids is 4. The number of para-hydroxylation sites is 2. The van der Waals surface area contributed by atoms with Crippen LogP contribution in [0, 0.1) is 11.8 Å². The molecule has 11 nitrogen and oxygen atoms in total. The first-order valence-corrected chi connectivity index (χ1v) is 20.7. The number of carboxylic acid groups (broad SMARTS) is 1. The van der Waals surface area contributed by atoms with E-state index in [1.54, 1.807) is 48.5 Å². The molecule has 2 N–H and O–H groups in total. The molecule has 0 saturated carbocycles. The number of likely N-dealkylation sites (tertiary alicyclic amines) is 1. The number of nitrogens with two attached hydrogens (primary N) is 1. The predicted octanol–water partition coefficient (Wildman–Crippen LogP) is 0.760. The van der Waals surface area contributed by atoms with Gasteiger partial charge in [0.25, 0.3) is 6.47 Å². The molecule has 0 bridgehead atoms. The van der Waals surface area contributed by atoms with Crippen LogP contribution in [0.3, 0.4) is 0 Å². The van der Waals surface area contributed by atoms with Crippen LogP contribution in [0.4, 0.5) is 13.2 Å². The molecule has 2 aliphatic heterocycles. The van der Waals surface area contributed by atoms with Crippen molar-refractivity contribution in [2.75, 3.05) is 51.3 Å². The monoisotopic (exact) mass is 1040 g/mol. The number of piperidine rings is 2. The van der Waals surface area contributed by atoms with Gasteiger partial charge in [0.2, 0.25) is 0 Å². The van der Waals surface area contributed by atoms with Gasteiger partial charge in [0, 0.05) is 39.6 Å². The Hall–Kier alpha value is -1.24. The Morgan fingerprint density at radius 2 is 1.21 bits per heavy atom. The normalized spacial score (nSPS) is 15.1. The molecule has 2 atom stereocenters. The number of alkyl halides is 4. The molecule has 63 heavy (non-hydrogen) atoms. The Balaban J connectivity index is -0.000000801. The van der Waals surface area contributed by atoms with E-state index in [0.717, 1.165) is 55.5 Å². The van der Waals surface area contributed by atoms with Gasteiger partial charge in [0.15, 0.2) is 11.6 Å². The Bertz CT molecular complexity index is 1830. The van der Waals surface area contributed by atoms with Gasteiger partial charge in [-0.1, -0.05) is 83.0 Å². The summed E-state index contributed by atoms with van der Waals surface area (Å²) in [4.78, 5) is 45.7. The molecule has 2 unspecified atom stereocenters. The summed E-state index contributed by atoms with van der Waals surface area (Å²) in [6, 6.07) is 33.9. The van der Waals surface area contributed by atoms with Crippen molar-refractivity contribution in [2.45, 2.75) is 39.3 Å². The number of aliphatic carboxylic acids is 1. The van der Waals surface area contributed by atoms with Crippen molar-refractivity contribution >= 4 is 63.1 Å². The van der Waals surface area contributed by atoms with Crippen LogP contribution in [0.25, 0.3) is 0 Å². The third-order valence-corrected chi connectivity index (χ3v) is 9.69. The van der Waals surface area contributed by atoms with E-state index in [1.807, 2.05) is 60.7 Å². The number of halogens is 6. The maximum absolute atomic E-state index is 12.4. The molecule has 6 rings (SSSR count). The summed E-state index contributed by atoms with van der Waals surface area (Å²) < 4.78 is 43.1. The molecule has 0 spiro atoms. The average molecular weight is 1040 g/mol. The van der Waals surface area contributed by atoms with Gasteiger partial charge >= 0.3 is 109 Å². The Morgan fingerprint density at radius 1 is 0.778 bits per heavy atom. The molecular formula is C44H52BrCl2F3K2N2O9. The number of benzene rings is 4. The molecule has 2 heterocycles. The smallest absolute Gasteiger partial charge is 1.00 e. The van der Waals surface area contributed by atoms with Crippen molar-refractivity contribution in [3.8, 4) is 11.5 Å². The van der Waals surface area contributed by atoms with Crippen LogP contribution in [0.5, 0.6) is 11.5 Å². The van der Waals surface area contributed by atoms with Gasteiger partial charge in [-0.2, -0.15) is 13.2 Å². The molecule has 4 aromatic carbocycles. The summed E-state index contributed by atoms with van der Waals surface area (Å²) in [5.41, 5.74) is 1.41. The van der Waals surface area contributed by atoms with Crippen LogP contribution >= 0.6 is 39.1 Å². The van der Waals surface area contributed by atoms with Crippen LogP contribution in [-0.4, -0.2) is 86.4 Å². The second kappa shape index (κ2) is 37.8. The Kier molecular flexibility index (Phi) is 38.3. The Labute approximate surface area is 472 Å². The first kappa shape index (κ1) is 63.8. The van der Waals surface area contributed by atoms with Gasteiger partial charge in [-0.15, -0.1) is 0 Å². The third kappa shape index (κ3) is 29.9. The summed E-state index contributed by atoms with van der Waals surface area (Å²) in [6.45, 7) is 6.27. The minimum Gasteiger partial charge on any atom is -1.00 e. The standard InChI is InChI=1S/C20H22ClNO2.C12H17NO.C8H6BrClO.C2HF3O2.CH2O3.CH4.2K.H/c21-18-10-8-17(9-11-18)20(23)14-22-12-4-5-16(13-22)15-24-19-6-2-1-3-7-19;1-2-6-12(7-3-1)14-10-11-5-4-8-13-9-11;9-5-8(11)6-1-3-7(10)4-2-6;3-2(4,5)1(6)7;2-1-4-3;;;;/h1-3,6-11,16H,4-5,12-15H2;1-3,6-7,11,13H,4-5,8-10H2;1-4H,5H2;(H,6,7);1,3H;1H4;;;/q;;;;;;2*+1;-1/p-1. The fraction of sp³-hybridized carbons (Fsp3) is 0.364. The number of hydrogen-bond acceptors (Lipinski definition) is 10. The number of hydrogen-bond donors (Lipinski definition) is 1. The van der Waals surface area contributed by atoms with Gasteiger partial charge in [0.1, 0.15) is 17.5 Å². The van der Waals surface area contributed by atoms with Crippen LogP contribution in [0.2, 0.25) is 10.0 Å². The van der Waals surface area contributed by atoms with E-state index in [1.165, 1.54) is 25.9 Å². The van der Waals surface area contributed by atoms with Crippen molar-refractivity contribution < 1.29 is 167 Å². The number of ketones is 2. The zero-order valence-electron chi connectivity index (χ0n) is 35.6. The molecule has 2 fully saturated rings. The van der Waals surface area contributed by atoms with E-state index in [0.29, 0.717) is 40.0 Å². The SMILES string of the molecule is C.O=C(CBr)c1ccc(Cl)cc1.O=C(CN1CCCC(COc2ccccc2)C1)c1ccc(Cl)cc1.O=C([O-])C(F)(F)F.O=CO[O-].[H-].[K+].[K+].c1ccc(OCC2CCC[NH2+]C2)cc1. The van der Waals surface area contributed by atoms with Crippen LogP contribution in [0.15, 0.2) is 109 Å². The molecule has 19 heteroatoms. The number of carbonyl (C=O) groups is 4. The van der Waals surface area contributed by atoms with Gasteiger partial charge in [-0.25, -0.2) is 0 Å². The summed E-state index contributed by atoms with van der Waals surface area (Å²) in [5.74, 6) is 0.330. The minimum absolute atomic E-state index is 0. The summed E-state index contributed by atoms with van der Waals surface area (Å²) in [7, 11) is 0. The van der Waals surface area contributed by atoms with Crippen molar-refractivity contribution in [3.63, 3.8) is 0 Å². The fourth-order valence-corrected chi connectivity index (χ4v) is 6.28. The van der Waals surface area contributed by atoms with E-state index in [-0.39, 0.29) is 130 Å². The molecule has 0 amide bonds. The number of Topliss-reactive ketones (excluding diaryl/α,β-unsaturated/α-hetero) is 2. The van der Waals surface area contributed by atoms with E-state index < -0.39 is 12.1 Å². The maximum Gasteiger partial charge on any atom is 1.00 e. The van der Waals surface area contributed by atoms with Crippen LogP contribution < -0.4 is 128 Å². The van der Waals surface area contributed by atoms with Gasteiger partial charge in [-0.05, 0) is 105 Å². The van der Waals surface area contributed by atoms with Gasteiger partial charge in [-0.3, -0.25) is 19.3 Å². The molecule has 0 radical (unpaired) electrons. The largest absolute Gasteiger partial charge is 1.00 e. The second-order valence-corrected chi connectivity index (χ2v) is 14.7. The van der Waals surface area contributed by atoms with E-state index in [2.05, 4.69) is 31.0 Å². The Morgan fingerprint density at radius 3 is 1.60 bits per heavy atom. The van der Waals surface area contributed by atoms with Crippen LogP contribution in [-0.2, 0) is 14.5 Å². The van der Waals surface area contributed by atoms with Crippen molar-refractivity contribution in [3.05, 3.63) is 130 Å². The fourth-order valence-electron chi connectivity index (χ4n) is 5.71. The minimum atomic E-state index is -5.19. The molecular weight excluding hydrogens is 986 g/mol. The molecule has 336 valence electrons. The van der Waals surface area contributed by atoms with Crippen molar-refractivity contribution in [2.24, 2.45) is 11.8 Å². The molecule has 2 saturated heterocycles. The second-order valence-electron chi connectivity index (χ2n) is 13.3. The molecule has 0 aromatic heterocycles. The molecule has 2 aliphatic rings. The first-order valence-electron chi connectivity index (χ1n) is 18.8. The number of quaternary nitrogens is 1. The number of ether oxygens (including phenoxy) is 2. The predicted molar refractivity (Wildman–Crippen MR) is 229 cm³/mol. The van der Waals surface area contributed by atoms with Crippen molar-refractivity contribution in [1.82, 2.24) is 4.90 Å². The van der Waals surface area contributed by atoms with Gasteiger partial charge < -0.3 is 36.3 Å². The number of carboxylic acids is 1. The summed E-state index contributed by atoms with van der Waals surface area (Å²) >= 11 is 14.6. The zero-order valence-corrected chi connectivity index (χ0v) is 43.9. The third-order valence-electron chi connectivity index (χ3n) is 8.67. The average Bonchev–Trinajstić information content (AvgIpc) is 3.27. The maximum atomic E-state index is 12.4. The van der Waals surface area contributed by atoms with Gasteiger partial charge in [0.05, 0.1) is 38.2 Å². The van der Waals surface area contributed by atoms with E-state index in [4.69, 9.17) is 52.6 Å². The molecule has 0 aliphatic carbocycles. The summed E-state index contributed by atoms with van der Waals surface area (Å²) in [5, 5.41) is 21.3. The zero-order chi connectivity index (χ0) is 44.2. The first-order chi connectivity index (χ1) is 28.7.